The molecular formula is C12H22N4O2. The lowest BCUT2D eigenvalue weighted by molar-refractivity contribution is 0.0488. The standard InChI is InChI=1S/C12H22N4O2/c1-7(2)10(8-6-9(13)16-15-8)14-11(17)18-12(3,4)5/h6-7,10H,1-5H3,(H,14,17)(H3,13,15,16). The summed E-state index contributed by atoms with van der Waals surface area (Å²) in [5, 5.41) is 9.49. The van der Waals surface area contributed by atoms with Crippen LogP contribution in [0.2, 0.25) is 0 Å². The van der Waals surface area contributed by atoms with E-state index in [4.69, 9.17) is 10.5 Å². The third kappa shape index (κ3) is 4.27. The van der Waals surface area contributed by atoms with Gasteiger partial charge < -0.3 is 15.8 Å². The summed E-state index contributed by atoms with van der Waals surface area (Å²) in [6, 6.07) is 1.51. The zero-order valence-corrected chi connectivity index (χ0v) is 11.6. The van der Waals surface area contributed by atoms with E-state index in [0.717, 1.165) is 5.69 Å². The van der Waals surface area contributed by atoms with Gasteiger partial charge in [-0.3, -0.25) is 5.10 Å². The molecule has 6 nitrogen and oxygen atoms in total. The van der Waals surface area contributed by atoms with Crippen molar-refractivity contribution < 1.29 is 9.53 Å². The number of anilines is 1. The fourth-order valence-corrected chi connectivity index (χ4v) is 1.55. The number of nitrogens with one attached hydrogen (secondary N) is 2. The van der Waals surface area contributed by atoms with E-state index in [0.29, 0.717) is 5.82 Å². The molecule has 0 fully saturated rings. The highest BCUT2D eigenvalue weighted by atomic mass is 16.6. The molecule has 0 saturated carbocycles. The number of ether oxygens (including phenoxy) is 1. The zero-order chi connectivity index (χ0) is 13.9. The van der Waals surface area contributed by atoms with Crippen molar-refractivity contribution in [3.63, 3.8) is 0 Å². The van der Waals surface area contributed by atoms with Crippen LogP contribution in [0.1, 0.15) is 46.4 Å². The van der Waals surface area contributed by atoms with E-state index >= 15 is 0 Å². The molecule has 6 heteroatoms. The van der Waals surface area contributed by atoms with Gasteiger partial charge in [0.05, 0.1) is 11.7 Å². The molecule has 18 heavy (non-hydrogen) atoms. The van der Waals surface area contributed by atoms with Crippen molar-refractivity contribution in [1.82, 2.24) is 15.5 Å². The van der Waals surface area contributed by atoms with Crippen molar-refractivity contribution in [2.45, 2.75) is 46.3 Å². The van der Waals surface area contributed by atoms with Gasteiger partial charge in [-0.05, 0) is 26.7 Å². The number of H-pyrrole nitrogens is 1. The second-order valence-electron chi connectivity index (χ2n) is 5.62. The number of nitrogens with two attached hydrogens (primary N) is 1. The molecule has 1 aromatic heterocycles. The smallest absolute Gasteiger partial charge is 0.408 e. The fourth-order valence-electron chi connectivity index (χ4n) is 1.55. The van der Waals surface area contributed by atoms with E-state index < -0.39 is 11.7 Å². The number of aromatic amines is 1. The van der Waals surface area contributed by atoms with Crippen LogP contribution < -0.4 is 11.1 Å². The molecule has 0 aliphatic heterocycles. The van der Waals surface area contributed by atoms with Crippen molar-refractivity contribution in [1.29, 1.82) is 0 Å². The summed E-state index contributed by atoms with van der Waals surface area (Å²) in [4.78, 5) is 11.8. The average Bonchev–Trinajstić information content (AvgIpc) is 2.57. The van der Waals surface area contributed by atoms with E-state index in [9.17, 15) is 4.79 Å². The highest BCUT2D eigenvalue weighted by molar-refractivity contribution is 5.68. The van der Waals surface area contributed by atoms with Gasteiger partial charge in [-0.15, -0.1) is 0 Å². The van der Waals surface area contributed by atoms with Crippen LogP contribution >= 0.6 is 0 Å². The maximum absolute atomic E-state index is 11.8. The highest BCUT2D eigenvalue weighted by Gasteiger charge is 2.23. The minimum absolute atomic E-state index is 0.192. The first-order valence-electron chi connectivity index (χ1n) is 5.99. The SMILES string of the molecule is CC(C)C(NC(=O)OC(C)(C)C)c1cc(N)n[nH]1. The Morgan fingerprint density at radius 2 is 2.11 bits per heavy atom. The Morgan fingerprint density at radius 3 is 2.50 bits per heavy atom. The van der Waals surface area contributed by atoms with E-state index in [1.54, 1.807) is 6.07 Å². The molecule has 1 heterocycles. The lowest BCUT2D eigenvalue weighted by atomic mass is 10.0. The number of nitrogen functional groups attached to an aromatic ring is 1. The van der Waals surface area contributed by atoms with Crippen LogP contribution in [-0.2, 0) is 4.74 Å². The van der Waals surface area contributed by atoms with Crippen LogP contribution in [0.5, 0.6) is 0 Å². The Bertz CT molecular complexity index is 406. The third-order valence-electron chi connectivity index (χ3n) is 2.29. The first-order chi connectivity index (χ1) is 8.19. The number of hydrogen-bond donors (Lipinski definition) is 3. The summed E-state index contributed by atoms with van der Waals surface area (Å²) in [6.45, 7) is 9.47. The topological polar surface area (TPSA) is 93.0 Å². The molecule has 0 radical (unpaired) electrons. The molecule has 0 aromatic carbocycles. The lowest BCUT2D eigenvalue weighted by Gasteiger charge is -2.25. The molecule has 4 N–H and O–H groups in total. The van der Waals surface area contributed by atoms with Crippen LogP contribution in [0.4, 0.5) is 10.6 Å². The Morgan fingerprint density at radius 1 is 1.50 bits per heavy atom. The number of carbonyl (C=O) groups is 1. The third-order valence-corrected chi connectivity index (χ3v) is 2.29. The number of aromatic nitrogens is 2. The molecule has 1 atom stereocenters. The van der Waals surface area contributed by atoms with Crippen LogP contribution in [-0.4, -0.2) is 21.9 Å². The quantitative estimate of drug-likeness (QED) is 0.771. The molecular weight excluding hydrogens is 232 g/mol. The minimum Gasteiger partial charge on any atom is -0.444 e. The van der Waals surface area contributed by atoms with Crippen molar-refractivity contribution in [3.05, 3.63) is 11.8 Å². The highest BCUT2D eigenvalue weighted by Crippen LogP contribution is 2.21. The summed E-state index contributed by atoms with van der Waals surface area (Å²) in [6.07, 6.45) is -0.450. The fraction of sp³-hybridized carbons (Fsp3) is 0.667. The van der Waals surface area contributed by atoms with Gasteiger partial charge in [-0.1, -0.05) is 13.8 Å². The molecule has 0 bridgehead atoms. The molecule has 0 aliphatic carbocycles. The van der Waals surface area contributed by atoms with Crippen molar-refractivity contribution in [2.75, 3.05) is 5.73 Å². The number of nitrogens with zero attached hydrogens (tertiary/aromatic N) is 1. The molecule has 1 unspecified atom stereocenters. The predicted molar refractivity (Wildman–Crippen MR) is 69.9 cm³/mol. The van der Waals surface area contributed by atoms with E-state index in [2.05, 4.69) is 15.5 Å². The first-order valence-corrected chi connectivity index (χ1v) is 5.99. The first kappa shape index (κ1) is 14.3. The monoisotopic (exact) mass is 254 g/mol. The molecule has 0 saturated heterocycles. The van der Waals surface area contributed by atoms with Crippen molar-refractivity contribution >= 4 is 11.9 Å². The summed E-state index contributed by atoms with van der Waals surface area (Å²) in [7, 11) is 0. The van der Waals surface area contributed by atoms with Gasteiger partial charge in [0, 0.05) is 6.07 Å². The maximum Gasteiger partial charge on any atom is 0.408 e. The zero-order valence-electron chi connectivity index (χ0n) is 11.6. The number of amides is 1. The predicted octanol–water partition coefficient (Wildman–Crippen LogP) is 2.21. The average molecular weight is 254 g/mol. The van der Waals surface area contributed by atoms with E-state index in [1.807, 2.05) is 34.6 Å². The normalized spacial score (nSPS) is 13.4. The van der Waals surface area contributed by atoms with Gasteiger partial charge in [-0.25, -0.2) is 4.79 Å². The lowest BCUT2D eigenvalue weighted by Crippen LogP contribution is -2.37. The van der Waals surface area contributed by atoms with Crippen LogP contribution in [0.15, 0.2) is 6.07 Å². The van der Waals surface area contributed by atoms with Crippen LogP contribution in [0, 0.1) is 5.92 Å². The minimum atomic E-state index is -0.515. The van der Waals surface area contributed by atoms with Crippen molar-refractivity contribution in [3.8, 4) is 0 Å². The van der Waals surface area contributed by atoms with Gasteiger partial charge in [0.25, 0.3) is 0 Å². The van der Waals surface area contributed by atoms with Gasteiger partial charge in [0.15, 0.2) is 0 Å². The van der Waals surface area contributed by atoms with E-state index in [1.165, 1.54) is 0 Å². The van der Waals surface area contributed by atoms with E-state index in [-0.39, 0.29) is 12.0 Å². The number of carbonyl (C=O) groups excluding carboxylic acids is 1. The molecule has 0 aliphatic rings. The molecule has 102 valence electrons. The second-order valence-corrected chi connectivity index (χ2v) is 5.62. The van der Waals surface area contributed by atoms with Gasteiger partial charge >= 0.3 is 6.09 Å². The van der Waals surface area contributed by atoms with Crippen LogP contribution in [0.3, 0.4) is 0 Å². The Kier molecular flexibility index (Phi) is 4.21. The Labute approximate surface area is 107 Å². The number of hydrogen-bond acceptors (Lipinski definition) is 4. The number of rotatable bonds is 3. The summed E-state index contributed by atoms with van der Waals surface area (Å²) < 4.78 is 5.23. The second kappa shape index (κ2) is 5.29. The van der Waals surface area contributed by atoms with Gasteiger partial charge in [0.2, 0.25) is 0 Å². The molecule has 1 aromatic rings. The Balaban J connectivity index is 2.73. The van der Waals surface area contributed by atoms with Crippen molar-refractivity contribution in [2.24, 2.45) is 5.92 Å². The summed E-state index contributed by atoms with van der Waals surface area (Å²) in [5.74, 6) is 0.596. The molecule has 1 amide bonds. The summed E-state index contributed by atoms with van der Waals surface area (Å²) >= 11 is 0. The van der Waals surface area contributed by atoms with Crippen LogP contribution in [0.25, 0.3) is 0 Å². The largest absolute Gasteiger partial charge is 0.444 e. The Hall–Kier alpha value is -1.72. The maximum atomic E-state index is 11.8. The molecule has 1 rings (SSSR count). The van der Waals surface area contributed by atoms with Gasteiger partial charge in [0.1, 0.15) is 11.4 Å². The van der Waals surface area contributed by atoms with Gasteiger partial charge in [-0.2, -0.15) is 5.10 Å². The summed E-state index contributed by atoms with van der Waals surface area (Å²) in [5.41, 5.74) is 5.82. The molecule has 0 spiro atoms. The number of alkyl carbamates (subject to hydrolysis) is 1.